The number of nitrogens with zero attached hydrogens (tertiary/aromatic N) is 1. The van der Waals surface area contributed by atoms with Gasteiger partial charge >= 0.3 is 6.18 Å². The molecular formula is C10H10F3NO. The van der Waals surface area contributed by atoms with Gasteiger partial charge in [0.2, 0.25) is 0 Å². The van der Waals surface area contributed by atoms with Crippen LogP contribution in [0.15, 0.2) is 18.5 Å². The van der Waals surface area contributed by atoms with Gasteiger partial charge in [-0.25, -0.2) is 0 Å². The van der Waals surface area contributed by atoms with Crippen molar-refractivity contribution in [2.75, 3.05) is 0 Å². The molecule has 2 nitrogen and oxygen atoms in total. The summed E-state index contributed by atoms with van der Waals surface area (Å²) in [6.07, 6.45) is -1.83. The van der Waals surface area contributed by atoms with Crippen molar-refractivity contribution in [1.29, 1.82) is 0 Å². The minimum atomic E-state index is -4.46. The Kier molecular flexibility index (Phi) is 2.83. The molecule has 82 valence electrons. The number of halogens is 3. The zero-order valence-electron chi connectivity index (χ0n) is 8.30. The molecule has 0 fully saturated rings. The fourth-order valence-electron chi connectivity index (χ4n) is 1.22. The monoisotopic (exact) mass is 217 g/mol. The van der Waals surface area contributed by atoms with Gasteiger partial charge in [0, 0.05) is 17.8 Å². The fraction of sp³-hybridized carbons (Fsp3) is 0.400. The van der Waals surface area contributed by atoms with Gasteiger partial charge in [0.15, 0.2) is 0 Å². The molecule has 1 rings (SSSR count). The summed E-state index contributed by atoms with van der Waals surface area (Å²) in [7, 11) is 0. The van der Waals surface area contributed by atoms with E-state index in [0.29, 0.717) is 6.29 Å². The van der Waals surface area contributed by atoms with Crippen molar-refractivity contribution in [2.45, 2.75) is 25.4 Å². The first kappa shape index (κ1) is 11.7. The van der Waals surface area contributed by atoms with E-state index in [2.05, 4.69) is 4.98 Å². The molecule has 15 heavy (non-hydrogen) atoms. The van der Waals surface area contributed by atoms with Crippen molar-refractivity contribution in [2.24, 2.45) is 0 Å². The first-order chi connectivity index (χ1) is 6.79. The van der Waals surface area contributed by atoms with E-state index in [1.165, 1.54) is 13.8 Å². The Labute approximate surface area is 85.1 Å². The van der Waals surface area contributed by atoms with Crippen LogP contribution in [-0.4, -0.2) is 11.3 Å². The van der Waals surface area contributed by atoms with Gasteiger partial charge in [-0.3, -0.25) is 4.98 Å². The maximum absolute atomic E-state index is 12.6. The van der Waals surface area contributed by atoms with Crippen LogP contribution in [0.4, 0.5) is 13.2 Å². The number of pyridine rings is 1. The van der Waals surface area contributed by atoms with Crippen LogP contribution in [0.5, 0.6) is 0 Å². The third-order valence-electron chi connectivity index (χ3n) is 2.12. The van der Waals surface area contributed by atoms with Gasteiger partial charge in [0.1, 0.15) is 6.29 Å². The highest BCUT2D eigenvalue weighted by atomic mass is 19.4. The van der Waals surface area contributed by atoms with Crippen molar-refractivity contribution in [3.8, 4) is 0 Å². The molecule has 5 heteroatoms. The average Bonchev–Trinajstić information content (AvgIpc) is 2.16. The van der Waals surface area contributed by atoms with E-state index < -0.39 is 17.2 Å². The summed E-state index contributed by atoms with van der Waals surface area (Å²) in [5.74, 6) is 0. The lowest BCUT2D eigenvalue weighted by Gasteiger charge is -2.21. The van der Waals surface area contributed by atoms with E-state index in [1.807, 2.05) is 0 Å². The van der Waals surface area contributed by atoms with E-state index in [9.17, 15) is 18.0 Å². The molecule has 0 bridgehead atoms. The van der Waals surface area contributed by atoms with Crippen molar-refractivity contribution in [3.63, 3.8) is 0 Å². The largest absolute Gasteiger partial charge is 0.416 e. The lowest BCUT2D eigenvalue weighted by atomic mass is 9.84. The Morgan fingerprint density at radius 1 is 1.27 bits per heavy atom. The normalized spacial score (nSPS) is 12.6. The van der Waals surface area contributed by atoms with Crippen molar-refractivity contribution in [1.82, 2.24) is 4.98 Å². The summed E-state index contributed by atoms with van der Waals surface area (Å²) in [5, 5.41) is 0. The summed E-state index contributed by atoms with van der Waals surface area (Å²) in [5.41, 5.74) is -2.10. The smallest absolute Gasteiger partial charge is 0.302 e. The maximum Gasteiger partial charge on any atom is 0.416 e. The predicted molar refractivity (Wildman–Crippen MR) is 48.3 cm³/mol. The number of rotatable bonds is 2. The molecule has 0 saturated carbocycles. The van der Waals surface area contributed by atoms with Gasteiger partial charge in [-0.1, -0.05) is 0 Å². The van der Waals surface area contributed by atoms with Gasteiger partial charge in [-0.2, -0.15) is 13.2 Å². The van der Waals surface area contributed by atoms with Crippen molar-refractivity contribution >= 4 is 6.29 Å². The van der Waals surface area contributed by atoms with Gasteiger partial charge in [-0.15, -0.1) is 0 Å². The summed E-state index contributed by atoms with van der Waals surface area (Å²) >= 11 is 0. The standard InChI is InChI=1S/C10H10F3NO/c1-9(2,6-15)8-5-14-4-3-7(8)10(11,12)13/h3-6H,1-2H3. The van der Waals surface area contributed by atoms with Crippen LogP contribution in [0.25, 0.3) is 0 Å². The molecule has 0 aliphatic carbocycles. The van der Waals surface area contributed by atoms with Crippen LogP contribution in [-0.2, 0) is 16.4 Å². The number of hydrogen-bond donors (Lipinski definition) is 0. The van der Waals surface area contributed by atoms with Gasteiger partial charge in [-0.05, 0) is 25.5 Å². The van der Waals surface area contributed by atoms with Crippen LogP contribution >= 0.6 is 0 Å². The molecule has 0 unspecified atom stereocenters. The second-order valence-corrected chi connectivity index (χ2v) is 3.76. The Morgan fingerprint density at radius 3 is 2.33 bits per heavy atom. The first-order valence-electron chi connectivity index (χ1n) is 4.27. The molecule has 0 saturated heterocycles. The molecule has 0 N–H and O–H groups in total. The Bertz CT molecular complexity index is 371. The molecule has 0 aliphatic heterocycles. The zero-order valence-corrected chi connectivity index (χ0v) is 8.30. The van der Waals surface area contributed by atoms with Crippen LogP contribution in [0.3, 0.4) is 0 Å². The third kappa shape index (κ3) is 2.34. The molecule has 0 spiro atoms. The highest BCUT2D eigenvalue weighted by Gasteiger charge is 2.37. The minimum Gasteiger partial charge on any atom is -0.302 e. The number of carbonyl (C=O) groups excluding carboxylic acids is 1. The molecule has 0 amide bonds. The maximum atomic E-state index is 12.6. The molecule has 1 aromatic rings. The summed E-state index contributed by atoms with van der Waals surface area (Å²) in [6.45, 7) is 2.85. The quantitative estimate of drug-likeness (QED) is 0.712. The van der Waals surface area contributed by atoms with E-state index >= 15 is 0 Å². The fourth-order valence-corrected chi connectivity index (χ4v) is 1.22. The number of aromatic nitrogens is 1. The summed E-state index contributed by atoms with van der Waals surface area (Å²) in [6, 6.07) is 0.876. The molecule has 0 aliphatic rings. The Balaban J connectivity index is 3.37. The lowest BCUT2D eigenvalue weighted by molar-refractivity contribution is -0.138. The lowest BCUT2D eigenvalue weighted by Crippen LogP contribution is -2.24. The van der Waals surface area contributed by atoms with E-state index in [-0.39, 0.29) is 5.56 Å². The third-order valence-corrected chi connectivity index (χ3v) is 2.12. The van der Waals surface area contributed by atoms with E-state index in [4.69, 9.17) is 0 Å². The van der Waals surface area contributed by atoms with Gasteiger partial charge in [0.05, 0.1) is 5.56 Å². The molecule has 0 radical (unpaired) electrons. The predicted octanol–water partition coefficient (Wildman–Crippen LogP) is 2.58. The second kappa shape index (κ2) is 3.64. The number of alkyl halides is 3. The summed E-state index contributed by atoms with van der Waals surface area (Å²) in [4.78, 5) is 14.3. The van der Waals surface area contributed by atoms with Crippen molar-refractivity contribution < 1.29 is 18.0 Å². The Morgan fingerprint density at radius 2 is 1.87 bits per heavy atom. The topological polar surface area (TPSA) is 30.0 Å². The number of carbonyl (C=O) groups is 1. The average molecular weight is 217 g/mol. The Hall–Kier alpha value is -1.39. The van der Waals surface area contributed by atoms with Crippen LogP contribution < -0.4 is 0 Å². The number of aldehydes is 1. The molecule has 1 heterocycles. The molecule has 0 atom stereocenters. The highest BCUT2D eigenvalue weighted by molar-refractivity contribution is 5.68. The van der Waals surface area contributed by atoms with Gasteiger partial charge in [0.25, 0.3) is 0 Å². The highest BCUT2D eigenvalue weighted by Crippen LogP contribution is 2.36. The first-order valence-corrected chi connectivity index (χ1v) is 4.27. The molecule has 0 aromatic carbocycles. The van der Waals surface area contributed by atoms with E-state index in [1.54, 1.807) is 0 Å². The van der Waals surface area contributed by atoms with Crippen LogP contribution in [0.1, 0.15) is 25.0 Å². The van der Waals surface area contributed by atoms with Crippen LogP contribution in [0, 0.1) is 0 Å². The van der Waals surface area contributed by atoms with Crippen LogP contribution in [0.2, 0.25) is 0 Å². The second-order valence-electron chi connectivity index (χ2n) is 3.76. The van der Waals surface area contributed by atoms with Gasteiger partial charge < -0.3 is 4.79 Å². The summed E-state index contributed by atoms with van der Waals surface area (Å²) < 4.78 is 37.7. The number of hydrogen-bond acceptors (Lipinski definition) is 2. The zero-order chi connectivity index (χ0) is 11.7. The SMILES string of the molecule is CC(C)(C=O)c1cnccc1C(F)(F)F. The van der Waals surface area contributed by atoms with Crippen molar-refractivity contribution in [3.05, 3.63) is 29.6 Å². The minimum absolute atomic E-state index is 0.104. The molecule has 1 aromatic heterocycles. The van der Waals surface area contributed by atoms with E-state index in [0.717, 1.165) is 18.5 Å². The molecular weight excluding hydrogens is 207 g/mol.